The lowest BCUT2D eigenvalue weighted by atomic mass is 9.79. The Morgan fingerprint density at radius 3 is 2.55 bits per heavy atom. The molecule has 0 radical (unpaired) electrons. The molecular weight excluding hydrogens is 368 g/mol. The molecule has 0 bridgehead atoms. The van der Waals surface area contributed by atoms with Crippen molar-refractivity contribution in [1.82, 2.24) is 20.2 Å². The summed E-state index contributed by atoms with van der Waals surface area (Å²) >= 11 is 0. The molecule has 152 valence electrons. The summed E-state index contributed by atoms with van der Waals surface area (Å²) in [7, 11) is 0. The van der Waals surface area contributed by atoms with Crippen molar-refractivity contribution in [2.24, 2.45) is 5.92 Å². The third-order valence-electron chi connectivity index (χ3n) is 5.95. The summed E-state index contributed by atoms with van der Waals surface area (Å²) < 4.78 is 6.19. The van der Waals surface area contributed by atoms with E-state index in [-0.39, 0.29) is 17.4 Å². The van der Waals surface area contributed by atoms with Crippen LogP contribution in [0.3, 0.4) is 0 Å². The standard InChI is InChI=1S/C22H26N4O3/c27-20(18-4-2-1-3-5-18)25-13-17-6-11-29-22(12-17)7-9-26(10-8-22)21(28)19-14-23-16-24-15-19/h1-5,14-17H,6-13H2,(H,25,27). The van der Waals surface area contributed by atoms with Crippen LogP contribution in [0.2, 0.25) is 0 Å². The van der Waals surface area contributed by atoms with E-state index in [2.05, 4.69) is 15.3 Å². The molecule has 2 fully saturated rings. The van der Waals surface area contributed by atoms with E-state index < -0.39 is 0 Å². The summed E-state index contributed by atoms with van der Waals surface area (Å²) in [5.74, 6) is 0.334. The average molecular weight is 394 g/mol. The molecule has 1 N–H and O–H groups in total. The zero-order valence-electron chi connectivity index (χ0n) is 16.4. The molecule has 1 atom stereocenters. The molecular formula is C22H26N4O3. The number of likely N-dealkylation sites (tertiary alicyclic amines) is 1. The number of rotatable bonds is 4. The van der Waals surface area contributed by atoms with Crippen LogP contribution in [-0.2, 0) is 4.74 Å². The van der Waals surface area contributed by atoms with Crippen molar-refractivity contribution in [3.8, 4) is 0 Å². The molecule has 2 saturated heterocycles. The Kier molecular flexibility index (Phi) is 5.85. The molecule has 2 aliphatic rings. The lowest BCUT2D eigenvalue weighted by Gasteiger charge is -2.46. The number of hydrogen-bond acceptors (Lipinski definition) is 5. The quantitative estimate of drug-likeness (QED) is 0.860. The number of aromatic nitrogens is 2. The van der Waals surface area contributed by atoms with Gasteiger partial charge in [0.05, 0.1) is 11.2 Å². The first-order valence-electron chi connectivity index (χ1n) is 10.2. The third kappa shape index (κ3) is 4.62. The molecule has 1 aromatic heterocycles. The Bertz CT molecular complexity index is 836. The van der Waals surface area contributed by atoms with Gasteiger partial charge < -0.3 is 15.0 Å². The Balaban J connectivity index is 1.29. The summed E-state index contributed by atoms with van der Waals surface area (Å²) in [5.41, 5.74) is 1.02. The van der Waals surface area contributed by atoms with E-state index in [9.17, 15) is 9.59 Å². The van der Waals surface area contributed by atoms with Crippen molar-refractivity contribution < 1.29 is 14.3 Å². The number of nitrogens with zero attached hydrogens (tertiary/aromatic N) is 3. The lowest BCUT2D eigenvalue weighted by Crippen LogP contribution is -2.51. The van der Waals surface area contributed by atoms with Crippen LogP contribution < -0.4 is 5.32 Å². The molecule has 7 heteroatoms. The number of nitrogens with one attached hydrogen (secondary N) is 1. The second-order valence-electron chi connectivity index (χ2n) is 7.89. The van der Waals surface area contributed by atoms with Crippen LogP contribution in [0.5, 0.6) is 0 Å². The van der Waals surface area contributed by atoms with E-state index in [1.807, 2.05) is 35.2 Å². The Hall–Kier alpha value is -2.80. The van der Waals surface area contributed by atoms with E-state index in [0.717, 1.165) is 25.7 Å². The first kappa shape index (κ1) is 19.5. The highest BCUT2D eigenvalue weighted by atomic mass is 16.5. The fraction of sp³-hybridized carbons (Fsp3) is 0.455. The zero-order valence-corrected chi connectivity index (χ0v) is 16.4. The van der Waals surface area contributed by atoms with Gasteiger partial charge in [-0.25, -0.2) is 9.97 Å². The summed E-state index contributed by atoms with van der Waals surface area (Å²) in [6.45, 7) is 2.68. The molecule has 3 heterocycles. The molecule has 1 spiro atoms. The largest absolute Gasteiger partial charge is 0.375 e. The van der Waals surface area contributed by atoms with Crippen LogP contribution in [0.1, 0.15) is 46.4 Å². The van der Waals surface area contributed by atoms with Crippen LogP contribution in [0, 0.1) is 5.92 Å². The molecule has 4 rings (SSSR count). The van der Waals surface area contributed by atoms with Gasteiger partial charge in [-0.1, -0.05) is 18.2 Å². The average Bonchev–Trinajstić information content (AvgIpc) is 2.79. The van der Waals surface area contributed by atoms with Crippen LogP contribution in [0.15, 0.2) is 49.1 Å². The minimum absolute atomic E-state index is 0.0251. The van der Waals surface area contributed by atoms with Crippen molar-refractivity contribution in [2.75, 3.05) is 26.2 Å². The summed E-state index contributed by atoms with van der Waals surface area (Å²) in [6, 6.07) is 9.29. The van der Waals surface area contributed by atoms with E-state index in [1.54, 1.807) is 12.4 Å². The highest BCUT2D eigenvalue weighted by molar-refractivity contribution is 5.94. The lowest BCUT2D eigenvalue weighted by molar-refractivity contribution is -0.122. The van der Waals surface area contributed by atoms with Gasteiger partial charge in [-0.2, -0.15) is 0 Å². The smallest absolute Gasteiger partial charge is 0.256 e. The third-order valence-corrected chi connectivity index (χ3v) is 5.95. The number of carbonyl (C=O) groups is 2. The van der Waals surface area contributed by atoms with Gasteiger partial charge in [-0.15, -0.1) is 0 Å². The fourth-order valence-electron chi connectivity index (χ4n) is 4.29. The fourth-order valence-corrected chi connectivity index (χ4v) is 4.29. The van der Waals surface area contributed by atoms with E-state index in [4.69, 9.17) is 4.74 Å². The maximum absolute atomic E-state index is 12.6. The van der Waals surface area contributed by atoms with Gasteiger partial charge in [0, 0.05) is 44.2 Å². The van der Waals surface area contributed by atoms with Gasteiger partial charge in [0.25, 0.3) is 11.8 Å². The van der Waals surface area contributed by atoms with Crippen LogP contribution in [0.4, 0.5) is 0 Å². The van der Waals surface area contributed by atoms with Crippen molar-refractivity contribution in [2.45, 2.75) is 31.3 Å². The van der Waals surface area contributed by atoms with E-state index in [1.165, 1.54) is 6.33 Å². The number of piperidine rings is 1. The Morgan fingerprint density at radius 2 is 1.83 bits per heavy atom. The van der Waals surface area contributed by atoms with Crippen molar-refractivity contribution in [3.05, 3.63) is 60.2 Å². The molecule has 7 nitrogen and oxygen atoms in total. The van der Waals surface area contributed by atoms with E-state index >= 15 is 0 Å². The number of hydrogen-bond donors (Lipinski definition) is 1. The molecule has 1 unspecified atom stereocenters. The second kappa shape index (κ2) is 8.69. The highest BCUT2D eigenvalue weighted by Crippen LogP contribution is 2.37. The molecule has 2 aliphatic heterocycles. The second-order valence-corrected chi connectivity index (χ2v) is 7.89. The van der Waals surface area contributed by atoms with Crippen molar-refractivity contribution in [1.29, 1.82) is 0 Å². The Labute approximate surface area is 170 Å². The normalized spacial score (nSPS) is 21.0. The number of amides is 2. The van der Waals surface area contributed by atoms with Crippen molar-refractivity contribution >= 4 is 11.8 Å². The first-order chi connectivity index (χ1) is 14.2. The summed E-state index contributed by atoms with van der Waals surface area (Å²) in [6.07, 6.45) is 8.03. The predicted molar refractivity (Wildman–Crippen MR) is 107 cm³/mol. The molecule has 1 aromatic carbocycles. The molecule has 29 heavy (non-hydrogen) atoms. The monoisotopic (exact) mass is 394 g/mol. The molecule has 2 amide bonds. The SMILES string of the molecule is O=C(NCC1CCOC2(CCN(C(=O)c3cncnc3)CC2)C1)c1ccccc1. The van der Waals surface area contributed by atoms with Gasteiger partial charge >= 0.3 is 0 Å². The zero-order chi connectivity index (χ0) is 20.1. The number of carbonyl (C=O) groups excluding carboxylic acids is 2. The van der Waals surface area contributed by atoms with Gasteiger partial charge in [0.1, 0.15) is 6.33 Å². The summed E-state index contributed by atoms with van der Waals surface area (Å²) in [4.78, 5) is 34.6. The van der Waals surface area contributed by atoms with Gasteiger partial charge in [-0.3, -0.25) is 9.59 Å². The minimum atomic E-state index is -0.190. The van der Waals surface area contributed by atoms with Crippen LogP contribution >= 0.6 is 0 Å². The van der Waals surface area contributed by atoms with Gasteiger partial charge in [-0.05, 0) is 43.7 Å². The molecule has 2 aromatic rings. The van der Waals surface area contributed by atoms with Gasteiger partial charge in [0.2, 0.25) is 0 Å². The van der Waals surface area contributed by atoms with Crippen molar-refractivity contribution in [3.63, 3.8) is 0 Å². The Morgan fingerprint density at radius 1 is 1.10 bits per heavy atom. The summed E-state index contributed by atoms with van der Waals surface area (Å²) in [5, 5.41) is 3.07. The predicted octanol–water partition coefficient (Wildman–Crippen LogP) is 2.31. The minimum Gasteiger partial charge on any atom is -0.375 e. The number of ether oxygens (including phenoxy) is 1. The maximum atomic E-state index is 12.6. The molecule has 0 aliphatic carbocycles. The van der Waals surface area contributed by atoms with Crippen LogP contribution in [0.25, 0.3) is 0 Å². The molecule has 0 saturated carbocycles. The van der Waals surface area contributed by atoms with Crippen LogP contribution in [-0.4, -0.2) is 58.5 Å². The highest BCUT2D eigenvalue weighted by Gasteiger charge is 2.41. The first-order valence-corrected chi connectivity index (χ1v) is 10.2. The maximum Gasteiger partial charge on any atom is 0.256 e. The van der Waals surface area contributed by atoms with E-state index in [0.29, 0.717) is 43.3 Å². The number of benzene rings is 1. The topological polar surface area (TPSA) is 84.4 Å². The van der Waals surface area contributed by atoms with Gasteiger partial charge in [0.15, 0.2) is 0 Å².